The number of carbonyl (C=O) groups excluding carboxylic acids is 4. The van der Waals surface area contributed by atoms with Gasteiger partial charge in [0, 0.05) is 24.4 Å². The molecule has 0 aliphatic carbocycles. The molecule has 4 rings (SSSR count). The molecule has 1 atom stereocenters. The quantitative estimate of drug-likeness (QED) is 0.382. The Kier molecular flexibility index (Phi) is 6.83. The molecule has 2 heterocycles. The third-order valence-corrected chi connectivity index (χ3v) is 6.35. The standard InChI is InChI=1S/C25H24N4O4S/c1-15(29-23(32)19-7-3-4-8-20(19)24(29)33)22(31)28-25-27-21(14-34-25)18-11-9-17(10-12-18)6-5-13-26-16(2)30/h3-4,7-12,14-15H,5-6,13H2,1-2H3,(H,26,30)(H,27,28,31). The summed E-state index contributed by atoms with van der Waals surface area (Å²) in [5, 5.41) is 7.74. The molecule has 0 bridgehead atoms. The Balaban J connectivity index is 1.36. The lowest BCUT2D eigenvalue weighted by Crippen LogP contribution is -2.45. The van der Waals surface area contributed by atoms with Gasteiger partial charge >= 0.3 is 0 Å². The van der Waals surface area contributed by atoms with Gasteiger partial charge in [0.15, 0.2) is 5.13 Å². The molecule has 0 spiro atoms. The molecule has 4 amide bonds. The van der Waals surface area contributed by atoms with Crippen LogP contribution < -0.4 is 10.6 Å². The number of aryl methyl sites for hydroxylation is 1. The first-order valence-corrected chi connectivity index (χ1v) is 11.8. The molecule has 1 aromatic heterocycles. The summed E-state index contributed by atoms with van der Waals surface area (Å²) in [5.41, 5.74) is 3.41. The van der Waals surface area contributed by atoms with Gasteiger partial charge in [0.2, 0.25) is 11.8 Å². The zero-order valence-corrected chi connectivity index (χ0v) is 19.6. The average Bonchev–Trinajstić information content (AvgIpc) is 3.39. The van der Waals surface area contributed by atoms with Crippen LogP contribution in [0.2, 0.25) is 0 Å². The van der Waals surface area contributed by atoms with Gasteiger partial charge in [-0.1, -0.05) is 36.4 Å². The molecule has 0 saturated heterocycles. The van der Waals surface area contributed by atoms with Crippen molar-refractivity contribution in [1.29, 1.82) is 0 Å². The van der Waals surface area contributed by atoms with Crippen molar-refractivity contribution < 1.29 is 19.2 Å². The number of anilines is 1. The van der Waals surface area contributed by atoms with Gasteiger partial charge in [0.05, 0.1) is 16.8 Å². The van der Waals surface area contributed by atoms with Gasteiger partial charge in [-0.25, -0.2) is 4.98 Å². The first kappa shape index (κ1) is 23.3. The average molecular weight is 477 g/mol. The van der Waals surface area contributed by atoms with Crippen LogP contribution in [0.1, 0.15) is 46.5 Å². The minimum Gasteiger partial charge on any atom is -0.356 e. The van der Waals surface area contributed by atoms with Crippen LogP contribution in [0.5, 0.6) is 0 Å². The number of benzene rings is 2. The molecule has 0 radical (unpaired) electrons. The first-order chi connectivity index (χ1) is 16.3. The van der Waals surface area contributed by atoms with E-state index in [0.717, 1.165) is 34.6 Å². The minimum atomic E-state index is -0.975. The predicted octanol–water partition coefficient (Wildman–Crippen LogP) is 3.50. The fourth-order valence-electron chi connectivity index (χ4n) is 3.75. The summed E-state index contributed by atoms with van der Waals surface area (Å²) < 4.78 is 0. The van der Waals surface area contributed by atoms with Gasteiger partial charge in [-0.3, -0.25) is 24.1 Å². The van der Waals surface area contributed by atoms with Gasteiger partial charge in [0.25, 0.3) is 11.8 Å². The van der Waals surface area contributed by atoms with Crippen molar-refractivity contribution in [3.8, 4) is 11.3 Å². The summed E-state index contributed by atoms with van der Waals surface area (Å²) in [6.45, 7) is 3.67. The molecule has 9 heteroatoms. The molecule has 2 N–H and O–H groups in total. The summed E-state index contributed by atoms with van der Waals surface area (Å²) in [6, 6.07) is 13.5. The summed E-state index contributed by atoms with van der Waals surface area (Å²) in [4.78, 5) is 54.4. The van der Waals surface area contributed by atoms with Gasteiger partial charge in [-0.2, -0.15) is 0 Å². The lowest BCUT2D eigenvalue weighted by Gasteiger charge is -2.21. The Labute approximate surface area is 201 Å². The van der Waals surface area contributed by atoms with Crippen molar-refractivity contribution in [3.63, 3.8) is 0 Å². The van der Waals surface area contributed by atoms with Crippen LogP contribution in [0, 0.1) is 0 Å². The Hall–Kier alpha value is -3.85. The van der Waals surface area contributed by atoms with Crippen LogP contribution in [0.25, 0.3) is 11.3 Å². The van der Waals surface area contributed by atoms with Gasteiger partial charge in [-0.05, 0) is 37.5 Å². The zero-order valence-electron chi connectivity index (χ0n) is 18.8. The number of nitrogens with one attached hydrogen (secondary N) is 2. The molecule has 0 saturated carbocycles. The SMILES string of the molecule is CC(=O)NCCCc1ccc(-c2csc(NC(=O)C(C)N3C(=O)c4ccccc4C3=O)n2)cc1. The molecule has 34 heavy (non-hydrogen) atoms. The number of fused-ring (bicyclic) bond motifs is 1. The maximum atomic E-state index is 12.8. The monoisotopic (exact) mass is 476 g/mol. The van der Waals surface area contributed by atoms with Crippen molar-refractivity contribution in [2.24, 2.45) is 0 Å². The molecular formula is C25H24N4O4S. The van der Waals surface area contributed by atoms with Gasteiger partial charge in [-0.15, -0.1) is 11.3 Å². The maximum Gasteiger partial charge on any atom is 0.262 e. The highest BCUT2D eigenvalue weighted by atomic mass is 32.1. The number of aromatic nitrogens is 1. The molecule has 2 aromatic carbocycles. The Bertz CT molecular complexity index is 1220. The van der Waals surface area contributed by atoms with Crippen LogP contribution in [0.3, 0.4) is 0 Å². The Morgan fingerprint density at radius 2 is 1.68 bits per heavy atom. The van der Waals surface area contributed by atoms with E-state index in [2.05, 4.69) is 15.6 Å². The maximum absolute atomic E-state index is 12.8. The van der Waals surface area contributed by atoms with Crippen LogP contribution >= 0.6 is 11.3 Å². The lowest BCUT2D eigenvalue weighted by molar-refractivity contribution is -0.120. The van der Waals surface area contributed by atoms with Crippen LogP contribution in [-0.4, -0.2) is 46.1 Å². The topological polar surface area (TPSA) is 108 Å². The third kappa shape index (κ3) is 4.89. The molecule has 8 nitrogen and oxygen atoms in total. The molecule has 0 fully saturated rings. The number of rotatable bonds is 8. The summed E-state index contributed by atoms with van der Waals surface area (Å²) in [5.74, 6) is -1.45. The molecule has 1 unspecified atom stereocenters. The normalized spacial score (nSPS) is 13.5. The highest BCUT2D eigenvalue weighted by molar-refractivity contribution is 7.14. The molecule has 1 aliphatic rings. The van der Waals surface area contributed by atoms with E-state index >= 15 is 0 Å². The van der Waals surface area contributed by atoms with Crippen LogP contribution in [0.15, 0.2) is 53.9 Å². The number of thiazole rings is 1. The smallest absolute Gasteiger partial charge is 0.262 e. The summed E-state index contributed by atoms with van der Waals surface area (Å²) in [7, 11) is 0. The zero-order chi connectivity index (χ0) is 24.2. The second-order valence-corrected chi connectivity index (χ2v) is 8.87. The second kappa shape index (κ2) is 9.96. The van der Waals surface area contributed by atoms with E-state index < -0.39 is 23.8 Å². The van der Waals surface area contributed by atoms with Crippen molar-refractivity contribution in [2.75, 3.05) is 11.9 Å². The summed E-state index contributed by atoms with van der Waals surface area (Å²) >= 11 is 1.27. The van der Waals surface area contributed by atoms with E-state index in [1.165, 1.54) is 25.2 Å². The fourth-order valence-corrected chi connectivity index (χ4v) is 4.47. The number of nitrogens with zero attached hydrogens (tertiary/aromatic N) is 2. The highest BCUT2D eigenvalue weighted by Crippen LogP contribution is 2.27. The molecule has 1 aliphatic heterocycles. The van der Waals surface area contributed by atoms with E-state index in [1.54, 1.807) is 24.3 Å². The number of amides is 4. The number of hydrogen-bond acceptors (Lipinski definition) is 6. The van der Waals surface area contributed by atoms with Crippen LogP contribution in [0.4, 0.5) is 5.13 Å². The second-order valence-electron chi connectivity index (χ2n) is 8.01. The summed E-state index contributed by atoms with van der Waals surface area (Å²) in [6.07, 6.45) is 1.71. The third-order valence-electron chi connectivity index (χ3n) is 5.59. The minimum absolute atomic E-state index is 0.0279. The van der Waals surface area contributed by atoms with Crippen molar-refractivity contribution >= 4 is 40.1 Å². The number of imide groups is 1. The first-order valence-electron chi connectivity index (χ1n) is 10.9. The fraction of sp³-hybridized carbons (Fsp3) is 0.240. The van der Waals surface area contributed by atoms with Crippen molar-refractivity contribution in [2.45, 2.75) is 32.7 Å². The van der Waals surface area contributed by atoms with E-state index in [0.29, 0.717) is 22.8 Å². The molecule has 3 aromatic rings. The van der Waals surface area contributed by atoms with Crippen LogP contribution in [-0.2, 0) is 16.0 Å². The van der Waals surface area contributed by atoms with E-state index in [1.807, 2.05) is 29.6 Å². The Morgan fingerprint density at radius 1 is 1.03 bits per heavy atom. The van der Waals surface area contributed by atoms with E-state index in [4.69, 9.17) is 0 Å². The van der Waals surface area contributed by atoms with Gasteiger partial charge < -0.3 is 10.6 Å². The van der Waals surface area contributed by atoms with Gasteiger partial charge in [0.1, 0.15) is 6.04 Å². The van der Waals surface area contributed by atoms with Crippen molar-refractivity contribution in [1.82, 2.24) is 15.2 Å². The highest BCUT2D eigenvalue weighted by Gasteiger charge is 2.40. The molecule has 174 valence electrons. The molecular weight excluding hydrogens is 452 g/mol. The van der Waals surface area contributed by atoms with E-state index in [-0.39, 0.29) is 5.91 Å². The largest absolute Gasteiger partial charge is 0.356 e. The lowest BCUT2D eigenvalue weighted by atomic mass is 10.1. The predicted molar refractivity (Wildman–Crippen MR) is 130 cm³/mol. The van der Waals surface area contributed by atoms with E-state index in [9.17, 15) is 19.2 Å². The number of hydrogen-bond donors (Lipinski definition) is 2. The van der Waals surface area contributed by atoms with Crippen molar-refractivity contribution in [3.05, 3.63) is 70.6 Å². The number of carbonyl (C=O) groups is 4. The Morgan fingerprint density at radius 3 is 2.29 bits per heavy atom.